The van der Waals surface area contributed by atoms with E-state index in [9.17, 15) is 0 Å². The van der Waals surface area contributed by atoms with Gasteiger partial charge in [-0.1, -0.05) is 61.0 Å². The van der Waals surface area contributed by atoms with E-state index in [1.807, 2.05) is 0 Å². The molecule has 26 heavy (non-hydrogen) atoms. The molecule has 0 heterocycles. The highest BCUT2D eigenvalue weighted by molar-refractivity contribution is 7.81. The average Bonchev–Trinajstić information content (AvgIpc) is 2.56. The second-order valence-corrected chi connectivity index (χ2v) is 10.2. The SMILES string of the molecule is CCCC(S)(CC)Cc1cc(C(C)(C)C)c(OC(C)(CC)CC)cc1C. The molecule has 0 aliphatic carbocycles. The average molecular weight is 379 g/mol. The molecular formula is C24H42OS. The molecule has 0 saturated carbocycles. The van der Waals surface area contributed by atoms with Gasteiger partial charge in [0.25, 0.3) is 0 Å². The molecule has 0 saturated heterocycles. The van der Waals surface area contributed by atoms with Gasteiger partial charge in [0.05, 0.1) is 0 Å². The third-order valence-corrected chi connectivity index (χ3v) is 6.69. The maximum Gasteiger partial charge on any atom is 0.124 e. The van der Waals surface area contributed by atoms with Crippen LogP contribution in [0.2, 0.25) is 0 Å². The van der Waals surface area contributed by atoms with E-state index < -0.39 is 0 Å². The van der Waals surface area contributed by atoms with Crippen LogP contribution in [-0.2, 0) is 11.8 Å². The van der Waals surface area contributed by atoms with Crippen LogP contribution in [0, 0.1) is 6.92 Å². The van der Waals surface area contributed by atoms with E-state index in [4.69, 9.17) is 17.4 Å². The first-order chi connectivity index (χ1) is 11.9. The normalized spacial score (nSPS) is 15.0. The van der Waals surface area contributed by atoms with Gasteiger partial charge in [0.1, 0.15) is 11.4 Å². The lowest BCUT2D eigenvalue weighted by atomic mass is 9.81. The van der Waals surface area contributed by atoms with Gasteiger partial charge in [-0.25, -0.2) is 0 Å². The Bertz CT molecular complexity index is 581. The Balaban J connectivity index is 3.38. The number of aryl methyl sites for hydroxylation is 1. The maximum atomic E-state index is 6.58. The molecule has 1 rings (SSSR count). The van der Waals surface area contributed by atoms with E-state index in [0.29, 0.717) is 0 Å². The van der Waals surface area contributed by atoms with Gasteiger partial charge in [0, 0.05) is 4.75 Å². The molecule has 1 unspecified atom stereocenters. The van der Waals surface area contributed by atoms with Gasteiger partial charge in [-0.2, -0.15) is 12.6 Å². The Hall–Kier alpha value is -0.630. The Morgan fingerprint density at radius 2 is 1.50 bits per heavy atom. The summed E-state index contributed by atoms with van der Waals surface area (Å²) in [5.41, 5.74) is 4.01. The minimum Gasteiger partial charge on any atom is -0.487 e. The van der Waals surface area contributed by atoms with E-state index in [0.717, 1.165) is 37.9 Å². The van der Waals surface area contributed by atoms with Crippen molar-refractivity contribution in [1.82, 2.24) is 0 Å². The lowest BCUT2D eigenvalue weighted by molar-refractivity contribution is 0.0779. The number of benzene rings is 1. The summed E-state index contributed by atoms with van der Waals surface area (Å²) >= 11 is 5.06. The molecule has 1 nitrogen and oxygen atoms in total. The van der Waals surface area contributed by atoms with Crippen molar-refractivity contribution < 1.29 is 4.74 Å². The van der Waals surface area contributed by atoms with Crippen molar-refractivity contribution in [1.29, 1.82) is 0 Å². The van der Waals surface area contributed by atoms with Crippen molar-refractivity contribution in [3.8, 4) is 5.75 Å². The zero-order valence-corrected chi connectivity index (χ0v) is 19.6. The highest BCUT2D eigenvalue weighted by Gasteiger charge is 2.29. The summed E-state index contributed by atoms with van der Waals surface area (Å²) in [6.07, 6.45) is 6.47. The number of thiol groups is 1. The molecule has 1 atom stereocenters. The molecule has 0 amide bonds. The molecule has 0 N–H and O–H groups in total. The van der Waals surface area contributed by atoms with Crippen LogP contribution in [0.3, 0.4) is 0 Å². The fourth-order valence-corrected chi connectivity index (χ4v) is 3.85. The molecule has 0 aliphatic rings. The van der Waals surface area contributed by atoms with E-state index >= 15 is 0 Å². The summed E-state index contributed by atoms with van der Waals surface area (Å²) < 4.78 is 6.66. The lowest BCUT2D eigenvalue weighted by Crippen LogP contribution is -2.32. The third-order valence-electron chi connectivity index (χ3n) is 5.99. The molecule has 0 fully saturated rings. The number of hydrogen-bond donors (Lipinski definition) is 1. The summed E-state index contributed by atoms with van der Waals surface area (Å²) in [4.78, 5) is 0. The molecule has 0 spiro atoms. The Morgan fingerprint density at radius 3 is 1.92 bits per heavy atom. The molecule has 1 aromatic rings. The van der Waals surface area contributed by atoms with Gasteiger partial charge < -0.3 is 4.74 Å². The lowest BCUT2D eigenvalue weighted by Gasteiger charge is -2.34. The molecule has 0 aromatic heterocycles. The Labute approximate surface area is 168 Å². The molecule has 1 aromatic carbocycles. The van der Waals surface area contributed by atoms with Crippen LogP contribution in [0.25, 0.3) is 0 Å². The monoisotopic (exact) mass is 378 g/mol. The van der Waals surface area contributed by atoms with Crippen LogP contribution in [0.1, 0.15) is 104 Å². The Morgan fingerprint density at radius 1 is 0.923 bits per heavy atom. The summed E-state index contributed by atoms with van der Waals surface area (Å²) in [7, 11) is 0. The van der Waals surface area contributed by atoms with Gasteiger partial charge in [-0.3, -0.25) is 0 Å². The van der Waals surface area contributed by atoms with Crippen LogP contribution in [0.5, 0.6) is 5.75 Å². The Kier molecular flexibility index (Phi) is 8.14. The summed E-state index contributed by atoms with van der Waals surface area (Å²) in [5, 5.41) is 0. The minimum atomic E-state index is -0.104. The van der Waals surface area contributed by atoms with Crippen molar-refractivity contribution in [2.75, 3.05) is 0 Å². The van der Waals surface area contributed by atoms with E-state index in [-0.39, 0.29) is 15.8 Å². The number of hydrogen-bond acceptors (Lipinski definition) is 2. The topological polar surface area (TPSA) is 9.23 Å². The molecule has 150 valence electrons. The van der Waals surface area contributed by atoms with Gasteiger partial charge in [-0.05, 0) is 74.1 Å². The maximum absolute atomic E-state index is 6.58. The van der Waals surface area contributed by atoms with Crippen LogP contribution in [0.15, 0.2) is 12.1 Å². The number of ether oxygens (including phenoxy) is 1. The summed E-state index contributed by atoms with van der Waals surface area (Å²) in [6, 6.07) is 4.67. The third kappa shape index (κ3) is 5.94. The standard InChI is InChI=1S/C24H42OS/c1-10-14-24(26,13-4)17-19-16-20(22(6,7)8)21(15-18(19)5)25-23(9,11-2)12-3/h15-16,26H,10-14,17H2,1-9H3. The fraction of sp³-hybridized carbons (Fsp3) is 0.750. The number of rotatable bonds is 9. The quantitative estimate of drug-likeness (QED) is 0.434. The van der Waals surface area contributed by atoms with Crippen molar-refractivity contribution in [2.45, 2.75) is 117 Å². The van der Waals surface area contributed by atoms with E-state index in [2.05, 4.69) is 74.4 Å². The predicted octanol–water partition coefficient (Wildman–Crippen LogP) is 7.67. The molecule has 0 bridgehead atoms. The second-order valence-electron chi connectivity index (χ2n) is 9.29. The van der Waals surface area contributed by atoms with Crippen LogP contribution in [-0.4, -0.2) is 10.3 Å². The minimum absolute atomic E-state index is 0.0520. The fourth-order valence-electron chi connectivity index (χ4n) is 3.46. The molecule has 2 heteroatoms. The summed E-state index contributed by atoms with van der Waals surface area (Å²) in [5.74, 6) is 1.06. The zero-order chi connectivity index (χ0) is 20.2. The first-order valence-corrected chi connectivity index (χ1v) is 10.9. The first kappa shape index (κ1) is 23.4. The van der Waals surface area contributed by atoms with E-state index in [1.54, 1.807) is 0 Å². The summed E-state index contributed by atoms with van der Waals surface area (Å²) in [6.45, 7) is 20.2. The van der Waals surface area contributed by atoms with Gasteiger partial charge in [0.15, 0.2) is 0 Å². The molecular weight excluding hydrogens is 336 g/mol. The van der Waals surface area contributed by atoms with Crippen molar-refractivity contribution in [3.63, 3.8) is 0 Å². The van der Waals surface area contributed by atoms with Crippen molar-refractivity contribution in [2.24, 2.45) is 0 Å². The van der Waals surface area contributed by atoms with Gasteiger partial charge >= 0.3 is 0 Å². The van der Waals surface area contributed by atoms with E-state index in [1.165, 1.54) is 23.1 Å². The van der Waals surface area contributed by atoms with Crippen LogP contribution in [0.4, 0.5) is 0 Å². The predicted molar refractivity (Wildman–Crippen MR) is 120 cm³/mol. The van der Waals surface area contributed by atoms with Crippen LogP contribution >= 0.6 is 12.6 Å². The molecule has 0 aliphatic heterocycles. The second kappa shape index (κ2) is 9.04. The highest BCUT2D eigenvalue weighted by atomic mass is 32.1. The molecule has 0 radical (unpaired) electrons. The van der Waals surface area contributed by atoms with Crippen molar-refractivity contribution in [3.05, 3.63) is 28.8 Å². The highest BCUT2D eigenvalue weighted by Crippen LogP contribution is 2.39. The van der Waals surface area contributed by atoms with Crippen LogP contribution < -0.4 is 4.74 Å². The van der Waals surface area contributed by atoms with Crippen molar-refractivity contribution >= 4 is 12.6 Å². The first-order valence-electron chi connectivity index (χ1n) is 10.5. The van der Waals surface area contributed by atoms with Gasteiger partial charge in [0.2, 0.25) is 0 Å². The largest absolute Gasteiger partial charge is 0.487 e. The van der Waals surface area contributed by atoms with Gasteiger partial charge in [-0.15, -0.1) is 0 Å². The smallest absolute Gasteiger partial charge is 0.124 e. The zero-order valence-electron chi connectivity index (χ0n) is 18.8.